The Morgan fingerprint density at radius 2 is 2.06 bits per heavy atom. The first-order valence-corrected chi connectivity index (χ1v) is 10.5. The van der Waals surface area contributed by atoms with Crippen LogP contribution in [0.3, 0.4) is 0 Å². The molecule has 0 spiro atoms. The van der Waals surface area contributed by atoms with E-state index in [0.717, 1.165) is 13.1 Å². The number of carbonyl (C=O) groups excluding carboxylic acids is 2. The average Bonchev–Trinajstić information content (AvgIpc) is 3.41. The summed E-state index contributed by atoms with van der Waals surface area (Å²) in [7, 11) is 0. The van der Waals surface area contributed by atoms with Gasteiger partial charge in [-0.1, -0.05) is 24.8 Å². The summed E-state index contributed by atoms with van der Waals surface area (Å²) in [5.41, 5.74) is 0.707. The Hall–Kier alpha value is -3.32. The zero-order valence-corrected chi connectivity index (χ0v) is 18.0. The summed E-state index contributed by atoms with van der Waals surface area (Å²) in [5, 5.41) is 10.7. The van der Waals surface area contributed by atoms with Gasteiger partial charge in [-0.2, -0.15) is 0 Å². The molecule has 31 heavy (non-hydrogen) atoms. The van der Waals surface area contributed by atoms with Crippen LogP contribution in [-0.4, -0.2) is 54.5 Å². The minimum absolute atomic E-state index is 0.0235. The Kier molecular flexibility index (Phi) is 7.31. The normalized spacial score (nSPS) is 16.3. The maximum Gasteiger partial charge on any atom is 0.290 e. The summed E-state index contributed by atoms with van der Waals surface area (Å²) in [6, 6.07) is 9.60. The molecule has 164 valence electrons. The van der Waals surface area contributed by atoms with E-state index in [4.69, 9.17) is 9.15 Å². The SMILES string of the molecule is C=CCOc1cccc([C@H]2C(C(=O)c3ccco3)=C(O)C(=O)N2CC[NH+](CC)CC)c1. The number of aliphatic hydroxyl groups excluding tert-OH is 1. The van der Waals surface area contributed by atoms with E-state index in [9.17, 15) is 14.7 Å². The lowest BCUT2D eigenvalue weighted by atomic mass is 9.95. The van der Waals surface area contributed by atoms with Crippen molar-refractivity contribution in [2.75, 3.05) is 32.8 Å². The number of amides is 1. The van der Waals surface area contributed by atoms with E-state index in [1.165, 1.54) is 17.2 Å². The smallest absolute Gasteiger partial charge is 0.290 e. The van der Waals surface area contributed by atoms with E-state index < -0.39 is 23.5 Å². The molecule has 1 aromatic heterocycles. The van der Waals surface area contributed by atoms with Gasteiger partial charge in [-0.3, -0.25) is 9.59 Å². The molecular weight excluding hydrogens is 396 g/mol. The molecule has 0 radical (unpaired) electrons. The number of ether oxygens (including phenoxy) is 1. The highest BCUT2D eigenvalue weighted by Gasteiger charge is 2.44. The molecule has 1 amide bonds. The molecule has 2 N–H and O–H groups in total. The van der Waals surface area contributed by atoms with Crippen molar-refractivity contribution in [2.45, 2.75) is 19.9 Å². The fourth-order valence-electron chi connectivity index (χ4n) is 3.81. The summed E-state index contributed by atoms with van der Waals surface area (Å²) < 4.78 is 10.9. The second-order valence-electron chi connectivity index (χ2n) is 7.35. The number of hydrogen-bond donors (Lipinski definition) is 2. The molecule has 3 rings (SSSR count). The van der Waals surface area contributed by atoms with Gasteiger partial charge >= 0.3 is 0 Å². The van der Waals surface area contributed by atoms with E-state index in [0.29, 0.717) is 31.0 Å². The van der Waals surface area contributed by atoms with Gasteiger partial charge in [0.25, 0.3) is 5.91 Å². The van der Waals surface area contributed by atoms with Crippen molar-refractivity contribution >= 4 is 11.7 Å². The van der Waals surface area contributed by atoms with E-state index in [-0.39, 0.29) is 11.3 Å². The Bertz CT molecular complexity index is 960. The maximum absolute atomic E-state index is 13.2. The number of nitrogens with one attached hydrogen (secondary N) is 1. The van der Waals surface area contributed by atoms with E-state index in [1.54, 1.807) is 35.2 Å². The molecule has 1 aliphatic rings. The van der Waals surface area contributed by atoms with Gasteiger partial charge in [0.2, 0.25) is 5.78 Å². The van der Waals surface area contributed by atoms with Gasteiger partial charge in [-0.25, -0.2) is 0 Å². The Morgan fingerprint density at radius 1 is 1.29 bits per heavy atom. The summed E-state index contributed by atoms with van der Waals surface area (Å²) in [5.74, 6) is -0.914. The van der Waals surface area contributed by atoms with Crippen molar-refractivity contribution in [1.29, 1.82) is 0 Å². The highest BCUT2D eigenvalue weighted by molar-refractivity contribution is 6.15. The quantitative estimate of drug-likeness (QED) is 0.427. The molecular formula is C24H29N2O5+. The topological polar surface area (TPSA) is 84.4 Å². The standard InChI is InChI=1S/C24H28N2O5/c1-4-14-30-18-10-7-9-17(16-18)21-20(22(27)19-11-8-15-31-19)23(28)24(29)26(21)13-12-25(5-2)6-3/h4,7-11,15-16,21,28H,1,5-6,12-14H2,2-3H3/p+1/t21-/m0/s1. The maximum atomic E-state index is 13.2. The number of ketones is 1. The first-order chi connectivity index (χ1) is 15.0. The lowest BCUT2D eigenvalue weighted by Crippen LogP contribution is -3.12. The van der Waals surface area contributed by atoms with Crippen molar-refractivity contribution < 1.29 is 28.7 Å². The van der Waals surface area contributed by atoms with Crippen LogP contribution in [0.1, 0.15) is 36.0 Å². The summed E-state index contributed by atoms with van der Waals surface area (Å²) in [4.78, 5) is 29.0. The summed E-state index contributed by atoms with van der Waals surface area (Å²) in [6.07, 6.45) is 3.03. The van der Waals surface area contributed by atoms with Gasteiger partial charge < -0.3 is 24.1 Å². The molecule has 2 heterocycles. The van der Waals surface area contributed by atoms with Gasteiger partial charge in [-0.15, -0.1) is 0 Å². The number of hydrogen-bond acceptors (Lipinski definition) is 5. The molecule has 0 saturated carbocycles. The first-order valence-electron chi connectivity index (χ1n) is 10.5. The Morgan fingerprint density at radius 3 is 2.71 bits per heavy atom. The zero-order valence-electron chi connectivity index (χ0n) is 18.0. The van der Waals surface area contributed by atoms with Crippen LogP contribution in [0.5, 0.6) is 5.75 Å². The average molecular weight is 426 g/mol. The molecule has 0 saturated heterocycles. The Balaban J connectivity index is 2.01. The number of quaternary nitrogens is 1. The number of carbonyl (C=O) groups is 2. The second-order valence-corrected chi connectivity index (χ2v) is 7.35. The molecule has 1 aromatic carbocycles. The largest absolute Gasteiger partial charge is 0.503 e. The van der Waals surface area contributed by atoms with Gasteiger partial charge in [0, 0.05) is 0 Å². The first kappa shape index (κ1) is 22.4. The predicted molar refractivity (Wildman–Crippen MR) is 116 cm³/mol. The lowest BCUT2D eigenvalue weighted by molar-refractivity contribution is -0.895. The van der Waals surface area contributed by atoms with Gasteiger partial charge in [0.05, 0.1) is 44.1 Å². The molecule has 0 aliphatic carbocycles. The van der Waals surface area contributed by atoms with Crippen molar-refractivity contribution in [3.8, 4) is 5.75 Å². The highest BCUT2D eigenvalue weighted by Crippen LogP contribution is 2.39. The van der Waals surface area contributed by atoms with Crippen LogP contribution in [0.2, 0.25) is 0 Å². The fourth-order valence-corrected chi connectivity index (χ4v) is 3.81. The Labute approximate surface area is 182 Å². The lowest BCUT2D eigenvalue weighted by Gasteiger charge is -2.28. The van der Waals surface area contributed by atoms with Crippen LogP contribution < -0.4 is 9.64 Å². The van der Waals surface area contributed by atoms with E-state index >= 15 is 0 Å². The molecule has 1 aliphatic heterocycles. The van der Waals surface area contributed by atoms with Crippen LogP contribution >= 0.6 is 0 Å². The number of likely N-dealkylation sites (N-methyl/N-ethyl adjacent to an activating group) is 1. The third kappa shape index (κ3) is 4.72. The molecule has 2 aromatic rings. The summed E-state index contributed by atoms with van der Waals surface area (Å²) >= 11 is 0. The van der Waals surface area contributed by atoms with Crippen LogP contribution in [-0.2, 0) is 4.79 Å². The zero-order chi connectivity index (χ0) is 22.4. The van der Waals surface area contributed by atoms with Crippen LogP contribution in [0.15, 0.2) is 71.1 Å². The number of rotatable bonds is 11. The predicted octanol–water partition coefficient (Wildman–Crippen LogP) is 2.35. The second kappa shape index (κ2) is 10.1. The minimum Gasteiger partial charge on any atom is -0.503 e. The summed E-state index contributed by atoms with van der Waals surface area (Å²) in [6.45, 7) is 11.1. The highest BCUT2D eigenvalue weighted by atomic mass is 16.5. The van der Waals surface area contributed by atoms with E-state index in [1.807, 2.05) is 6.07 Å². The van der Waals surface area contributed by atoms with Crippen LogP contribution in [0, 0.1) is 0 Å². The third-order valence-corrected chi connectivity index (χ3v) is 5.54. The molecule has 0 bridgehead atoms. The van der Waals surface area contributed by atoms with E-state index in [2.05, 4.69) is 20.4 Å². The third-order valence-electron chi connectivity index (χ3n) is 5.54. The molecule has 0 unspecified atom stereocenters. The number of benzene rings is 1. The number of furan rings is 1. The van der Waals surface area contributed by atoms with Crippen molar-refractivity contribution in [3.05, 3.63) is 78.0 Å². The van der Waals surface area contributed by atoms with Crippen molar-refractivity contribution in [2.24, 2.45) is 0 Å². The fraction of sp³-hybridized carbons (Fsp3) is 0.333. The van der Waals surface area contributed by atoms with Crippen LogP contribution in [0.25, 0.3) is 0 Å². The van der Waals surface area contributed by atoms with Crippen molar-refractivity contribution in [1.82, 2.24) is 4.90 Å². The molecule has 7 heteroatoms. The number of nitrogens with zero attached hydrogens (tertiary/aromatic N) is 1. The molecule has 7 nitrogen and oxygen atoms in total. The minimum atomic E-state index is -0.729. The van der Waals surface area contributed by atoms with Crippen molar-refractivity contribution in [3.63, 3.8) is 0 Å². The molecule has 0 fully saturated rings. The van der Waals surface area contributed by atoms with Crippen LogP contribution in [0.4, 0.5) is 0 Å². The monoisotopic (exact) mass is 425 g/mol. The van der Waals surface area contributed by atoms with Gasteiger partial charge in [0.1, 0.15) is 12.4 Å². The number of Topliss-reactive ketones (excluding diaryl/α,β-unsaturated/α-hetero) is 1. The van der Waals surface area contributed by atoms with Gasteiger partial charge in [0.15, 0.2) is 11.5 Å². The number of aliphatic hydroxyl groups is 1. The molecule has 1 atom stereocenters. The van der Waals surface area contributed by atoms with Gasteiger partial charge in [-0.05, 0) is 43.7 Å².